The minimum Gasteiger partial charge on any atom is -0.357 e. The SMILES string of the molecule is Cc1ncnc(N(C)CCCCCCl)c1F. The van der Waals surface area contributed by atoms with Gasteiger partial charge in [-0.05, 0) is 19.8 Å². The largest absolute Gasteiger partial charge is 0.357 e. The van der Waals surface area contributed by atoms with E-state index >= 15 is 0 Å². The lowest BCUT2D eigenvalue weighted by Crippen LogP contribution is -2.21. The highest BCUT2D eigenvalue weighted by Crippen LogP contribution is 2.16. The van der Waals surface area contributed by atoms with Crippen LogP contribution in [0.4, 0.5) is 10.2 Å². The molecule has 16 heavy (non-hydrogen) atoms. The van der Waals surface area contributed by atoms with Crippen molar-refractivity contribution >= 4 is 17.4 Å². The van der Waals surface area contributed by atoms with Gasteiger partial charge in [0.1, 0.15) is 6.33 Å². The van der Waals surface area contributed by atoms with Crippen LogP contribution in [0.3, 0.4) is 0 Å². The first-order chi connectivity index (χ1) is 7.66. The summed E-state index contributed by atoms with van der Waals surface area (Å²) in [5.74, 6) is 0.728. The molecule has 0 aliphatic heterocycles. The molecular formula is C11H17ClFN3. The Hall–Kier alpha value is -0.900. The van der Waals surface area contributed by atoms with Gasteiger partial charge in [0.2, 0.25) is 0 Å². The van der Waals surface area contributed by atoms with Gasteiger partial charge in [-0.15, -0.1) is 11.6 Å². The highest BCUT2D eigenvalue weighted by molar-refractivity contribution is 6.17. The molecule has 0 amide bonds. The molecule has 0 spiro atoms. The number of aryl methyl sites for hydroxylation is 1. The van der Waals surface area contributed by atoms with Crippen molar-refractivity contribution in [2.75, 3.05) is 24.4 Å². The van der Waals surface area contributed by atoms with Crippen LogP contribution in [0.5, 0.6) is 0 Å². The van der Waals surface area contributed by atoms with Gasteiger partial charge in [0, 0.05) is 19.5 Å². The van der Waals surface area contributed by atoms with Crippen molar-refractivity contribution in [2.24, 2.45) is 0 Å². The van der Waals surface area contributed by atoms with Crippen LogP contribution in [0.1, 0.15) is 25.0 Å². The molecule has 0 aliphatic carbocycles. The molecule has 0 bridgehead atoms. The van der Waals surface area contributed by atoms with Crippen LogP contribution >= 0.6 is 11.6 Å². The normalized spacial score (nSPS) is 10.5. The number of nitrogens with zero attached hydrogens (tertiary/aromatic N) is 3. The van der Waals surface area contributed by atoms with Gasteiger partial charge in [-0.25, -0.2) is 14.4 Å². The third-order valence-electron chi connectivity index (χ3n) is 2.43. The van der Waals surface area contributed by atoms with Crippen LogP contribution in [-0.2, 0) is 0 Å². The molecule has 1 aromatic heterocycles. The van der Waals surface area contributed by atoms with Gasteiger partial charge < -0.3 is 4.90 Å². The third-order valence-corrected chi connectivity index (χ3v) is 2.70. The Kier molecular flexibility index (Phi) is 5.46. The van der Waals surface area contributed by atoms with Crippen molar-refractivity contribution in [2.45, 2.75) is 26.2 Å². The average Bonchev–Trinajstić information content (AvgIpc) is 2.28. The Morgan fingerprint density at radius 1 is 1.31 bits per heavy atom. The number of unbranched alkanes of at least 4 members (excludes halogenated alkanes) is 2. The molecule has 0 radical (unpaired) electrons. The van der Waals surface area contributed by atoms with Crippen LogP contribution in [0, 0.1) is 12.7 Å². The van der Waals surface area contributed by atoms with Gasteiger partial charge in [0.05, 0.1) is 5.69 Å². The fourth-order valence-corrected chi connectivity index (χ4v) is 1.63. The molecule has 90 valence electrons. The summed E-state index contributed by atoms with van der Waals surface area (Å²) in [6.45, 7) is 2.42. The number of hydrogen-bond acceptors (Lipinski definition) is 3. The summed E-state index contributed by atoms with van der Waals surface area (Å²) in [5, 5.41) is 0. The first-order valence-corrected chi connectivity index (χ1v) is 5.94. The van der Waals surface area contributed by atoms with Crippen molar-refractivity contribution in [1.29, 1.82) is 0 Å². The molecule has 0 fully saturated rings. The lowest BCUT2D eigenvalue weighted by Gasteiger charge is -2.18. The lowest BCUT2D eigenvalue weighted by atomic mass is 10.2. The summed E-state index contributed by atoms with van der Waals surface area (Å²) in [7, 11) is 1.84. The van der Waals surface area contributed by atoms with Crippen molar-refractivity contribution in [1.82, 2.24) is 9.97 Å². The van der Waals surface area contributed by atoms with Crippen LogP contribution in [0.25, 0.3) is 0 Å². The molecule has 1 aromatic rings. The van der Waals surface area contributed by atoms with Crippen LogP contribution in [0.2, 0.25) is 0 Å². The second-order valence-electron chi connectivity index (χ2n) is 3.77. The molecule has 0 saturated carbocycles. The van der Waals surface area contributed by atoms with E-state index in [-0.39, 0.29) is 5.82 Å². The van der Waals surface area contributed by atoms with Crippen molar-refractivity contribution in [3.05, 3.63) is 17.8 Å². The van der Waals surface area contributed by atoms with E-state index < -0.39 is 0 Å². The molecule has 5 heteroatoms. The maximum absolute atomic E-state index is 13.6. The van der Waals surface area contributed by atoms with Gasteiger partial charge in [0.25, 0.3) is 0 Å². The van der Waals surface area contributed by atoms with Gasteiger partial charge in [-0.3, -0.25) is 0 Å². The Balaban J connectivity index is 2.52. The van der Waals surface area contributed by atoms with Crippen LogP contribution in [-0.4, -0.2) is 29.4 Å². The van der Waals surface area contributed by atoms with Gasteiger partial charge >= 0.3 is 0 Å². The summed E-state index contributed by atoms with van der Waals surface area (Å²) in [4.78, 5) is 9.57. The summed E-state index contributed by atoms with van der Waals surface area (Å²) < 4.78 is 13.6. The molecule has 0 unspecified atom stereocenters. The Morgan fingerprint density at radius 3 is 2.75 bits per heavy atom. The van der Waals surface area contributed by atoms with Gasteiger partial charge in [-0.1, -0.05) is 6.42 Å². The van der Waals surface area contributed by atoms with Crippen molar-refractivity contribution < 1.29 is 4.39 Å². The molecule has 0 aliphatic rings. The first-order valence-electron chi connectivity index (χ1n) is 5.41. The predicted molar refractivity (Wildman–Crippen MR) is 64.6 cm³/mol. The van der Waals surface area contributed by atoms with Crippen molar-refractivity contribution in [3.63, 3.8) is 0 Å². The fourth-order valence-electron chi connectivity index (χ4n) is 1.44. The van der Waals surface area contributed by atoms with Gasteiger partial charge in [0.15, 0.2) is 11.6 Å². The number of alkyl halides is 1. The number of halogens is 2. The molecule has 0 saturated heterocycles. The van der Waals surface area contributed by atoms with Crippen molar-refractivity contribution in [3.8, 4) is 0 Å². The average molecular weight is 246 g/mol. The number of rotatable bonds is 6. The van der Waals surface area contributed by atoms with E-state index in [1.165, 1.54) is 6.33 Å². The monoisotopic (exact) mass is 245 g/mol. The minimum atomic E-state index is -0.331. The second-order valence-corrected chi connectivity index (χ2v) is 4.15. The first kappa shape index (κ1) is 13.2. The third kappa shape index (κ3) is 3.59. The highest BCUT2D eigenvalue weighted by atomic mass is 35.5. The van der Waals surface area contributed by atoms with E-state index in [9.17, 15) is 4.39 Å². The molecule has 3 nitrogen and oxygen atoms in total. The van der Waals surface area contributed by atoms with E-state index in [0.717, 1.165) is 25.8 Å². The summed E-state index contributed by atoms with van der Waals surface area (Å²) in [5.41, 5.74) is 0.387. The number of anilines is 1. The summed E-state index contributed by atoms with van der Waals surface area (Å²) >= 11 is 5.59. The summed E-state index contributed by atoms with van der Waals surface area (Å²) in [6.07, 6.45) is 4.44. The maximum Gasteiger partial charge on any atom is 0.186 e. The van der Waals surface area contributed by atoms with E-state index in [1.54, 1.807) is 6.92 Å². The molecule has 1 rings (SSSR count). The Labute approximate surface area is 101 Å². The summed E-state index contributed by atoms with van der Waals surface area (Å²) in [6, 6.07) is 0. The van der Waals surface area contributed by atoms with Gasteiger partial charge in [-0.2, -0.15) is 0 Å². The van der Waals surface area contributed by atoms with E-state index in [0.29, 0.717) is 17.4 Å². The minimum absolute atomic E-state index is 0.331. The number of aromatic nitrogens is 2. The lowest BCUT2D eigenvalue weighted by molar-refractivity contribution is 0.591. The zero-order valence-corrected chi connectivity index (χ0v) is 10.5. The zero-order valence-electron chi connectivity index (χ0n) is 9.71. The Bertz CT molecular complexity index is 333. The Morgan fingerprint density at radius 2 is 2.06 bits per heavy atom. The van der Waals surface area contributed by atoms with Crippen LogP contribution < -0.4 is 4.90 Å². The fraction of sp³-hybridized carbons (Fsp3) is 0.636. The smallest absolute Gasteiger partial charge is 0.186 e. The molecular weight excluding hydrogens is 229 g/mol. The zero-order chi connectivity index (χ0) is 12.0. The van der Waals surface area contributed by atoms with E-state index in [2.05, 4.69) is 9.97 Å². The van der Waals surface area contributed by atoms with E-state index in [1.807, 2.05) is 11.9 Å². The second kappa shape index (κ2) is 6.63. The molecule has 1 heterocycles. The van der Waals surface area contributed by atoms with Crippen LogP contribution in [0.15, 0.2) is 6.33 Å². The maximum atomic E-state index is 13.6. The predicted octanol–water partition coefficient (Wildman–Crippen LogP) is 2.77. The quantitative estimate of drug-likeness (QED) is 0.570. The van der Waals surface area contributed by atoms with E-state index in [4.69, 9.17) is 11.6 Å². The standard InChI is InChI=1S/C11H17ClFN3/c1-9-10(13)11(15-8-14-9)16(2)7-5-3-4-6-12/h8H,3-7H2,1-2H3. The highest BCUT2D eigenvalue weighted by Gasteiger charge is 2.11. The molecule has 0 atom stereocenters. The molecule has 0 aromatic carbocycles. The topological polar surface area (TPSA) is 29.0 Å². The molecule has 0 N–H and O–H groups in total. The number of hydrogen-bond donors (Lipinski definition) is 0.